The second kappa shape index (κ2) is 12.2. The molecule has 0 unspecified atom stereocenters. The summed E-state index contributed by atoms with van der Waals surface area (Å²) in [4.78, 5) is 43.0. The van der Waals surface area contributed by atoms with Gasteiger partial charge in [0.1, 0.15) is 17.6 Å². The van der Waals surface area contributed by atoms with Crippen LogP contribution < -0.4 is 15.0 Å². The summed E-state index contributed by atoms with van der Waals surface area (Å²) < 4.78 is 55.8. The number of nitrogens with one attached hydrogen (secondary N) is 1. The molecule has 3 amide bonds. The maximum absolute atomic E-state index is 15.3. The molecule has 2 aliphatic rings. The highest BCUT2D eigenvalue weighted by molar-refractivity contribution is 6.13. The zero-order valence-electron chi connectivity index (χ0n) is 25.1. The van der Waals surface area contributed by atoms with Crippen molar-refractivity contribution in [1.82, 2.24) is 14.7 Å². The van der Waals surface area contributed by atoms with Crippen LogP contribution in [0.25, 0.3) is 0 Å². The van der Waals surface area contributed by atoms with Crippen LogP contribution in [-0.2, 0) is 10.7 Å². The molecule has 2 aliphatic heterocycles. The van der Waals surface area contributed by atoms with Gasteiger partial charge in [-0.2, -0.15) is 19.1 Å². The van der Waals surface area contributed by atoms with E-state index in [1.54, 1.807) is 6.92 Å². The van der Waals surface area contributed by atoms with E-state index in [0.29, 0.717) is 0 Å². The van der Waals surface area contributed by atoms with Gasteiger partial charge >= 0.3 is 6.09 Å². The first-order valence-corrected chi connectivity index (χ1v) is 14.5. The third-order valence-corrected chi connectivity index (χ3v) is 8.19. The number of carbonyl (C=O) groups is 3. The Kier molecular flexibility index (Phi) is 8.06. The number of nitrogens with zero attached hydrogens (tertiary/aromatic N) is 5. The Morgan fingerprint density at radius 3 is 2.34 bits per heavy atom. The number of fused-ring (bicyclic) bond motifs is 3. The molecule has 47 heavy (non-hydrogen) atoms. The summed E-state index contributed by atoms with van der Waals surface area (Å²) in [7, 11) is 1.40. The number of rotatable bonds is 7. The molecule has 6 rings (SSSR count). The minimum atomic E-state index is -3.45. The SMILES string of the molecule is CCOC(=O)N1C[C@@H]2[C@H](C1)N(c1ccc(C(F)(F)c3ccc(F)cc3)cc1)C(=O)c1c(NC(=O)c3ccc(OC)c(C#N)c3)cnn12. The van der Waals surface area contributed by atoms with E-state index in [9.17, 15) is 24.0 Å². The predicted octanol–water partition coefficient (Wildman–Crippen LogP) is 5.34. The van der Waals surface area contributed by atoms with Gasteiger partial charge in [0.05, 0.1) is 43.2 Å². The van der Waals surface area contributed by atoms with Crippen molar-refractivity contribution in [3.8, 4) is 11.8 Å². The Hall–Kier alpha value is -5.84. The smallest absolute Gasteiger partial charge is 0.409 e. The molecule has 2 atom stereocenters. The first-order valence-electron chi connectivity index (χ1n) is 14.5. The average molecular weight is 645 g/mol. The normalized spacial score (nSPS) is 17.1. The molecule has 0 radical (unpaired) electrons. The molecule has 1 saturated heterocycles. The van der Waals surface area contributed by atoms with Crippen molar-refractivity contribution in [1.29, 1.82) is 5.26 Å². The van der Waals surface area contributed by atoms with Crippen LogP contribution in [0.1, 0.15) is 50.5 Å². The van der Waals surface area contributed by atoms with Crippen LogP contribution in [0.5, 0.6) is 5.75 Å². The fourth-order valence-electron chi connectivity index (χ4n) is 5.91. The van der Waals surface area contributed by atoms with Gasteiger partial charge < -0.3 is 19.7 Å². The molecule has 4 aromatic rings. The molecule has 3 aromatic carbocycles. The first kappa shape index (κ1) is 31.2. The van der Waals surface area contributed by atoms with Crippen LogP contribution in [0, 0.1) is 17.1 Å². The van der Waals surface area contributed by atoms with Crippen LogP contribution in [0.2, 0.25) is 0 Å². The largest absolute Gasteiger partial charge is 0.495 e. The van der Waals surface area contributed by atoms with Gasteiger partial charge in [0.25, 0.3) is 17.7 Å². The van der Waals surface area contributed by atoms with E-state index in [1.165, 1.54) is 70.3 Å². The molecule has 3 heterocycles. The number of likely N-dealkylation sites (tertiary alicyclic amines) is 1. The van der Waals surface area contributed by atoms with Crippen molar-refractivity contribution in [3.05, 3.63) is 107 Å². The van der Waals surface area contributed by atoms with E-state index in [2.05, 4.69) is 10.4 Å². The highest BCUT2D eigenvalue weighted by atomic mass is 19.3. The number of anilines is 2. The molecule has 0 aliphatic carbocycles. The number of halogens is 3. The second-order valence-corrected chi connectivity index (χ2v) is 10.9. The minimum absolute atomic E-state index is 0.0139. The standard InChI is InChI=1S/C33H27F3N6O5/c1-3-47-32(45)40-17-26-27(18-40)42-29(25(16-38-42)39-30(43)19-4-13-28(46-2)20(14-19)15-37)31(44)41(26)24-11-7-22(8-12-24)33(35,36)21-5-9-23(34)10-6-21/h4-14,16,26-27H,3,17-18H2,1-2H3,(H,39,43)/t26-,27+/m0/s1. The highest BCUT2D eigenvalue weighted by Crippen LogP contribution is 2.41. The number of hydrogen-bond acceptors (Lipinski definition) is 7. The number of hydrogen-bond donors (Lipinski definition) is 1. The molecule has 14 heteroatoms. The molecule has 0 spiro atoms. The fraction of sp³-hybridized carbons (Fsp3) is 0.242. The van der Waals surface area contributed by atoms with Gasteiger partial charge in [-0.15, -0.1) is 0 Å². The van der Waals surface area contributed by atoms with Gasteiger partial charge in [0.15, 0.2) is 5.69 Å². The van der Waals surface area contributed by atoms with E-state index < -0.39 is 47.3 Å². The van der Waals surface area contributed by atoms with Crippen molar-refractivity contribution in [2.75, 3.05) is 37.0 Å². The number of carbonyl (C=O) groups excluding carboxylic acids is 3. The zero-order valence-corrected chi connectivity index (χ0v) is 25.1. The Balaban J connectivity index is 1.35. The van der Waals surface area contributed by atoms with Crippen LogP contribution in [-0.4, -0.2) is 65.4 Å². The second-order valence-electron chi connectivity index (χ2n) is 10.9. The van der Waals surface area contributed by atoms with Crippen molar-refractivity contribution in [2.45, 2.75) is 24.9 Å². The summed E-state index contributed by atoms with van der Waals surface area (Å²) >= 11 is 0. The molecule has 0 bridgehead atoms. The lowest BCUT2D eigenvalue weighted by atomic mass is 9.99. The van der Waals surface area contributed by atoms with Gasteiger partial charge in [0, 0.05) is 35.5 Å². The number of benzene rings is 3. The van der Waals surface area contributed by atoms with Gasteiger partial charge in [0.2, 0.25) is 0 Å². The van der Waals surface area contributed by atoms with Crippen molar-refractivity contribution >= 4 is 29.3 Å². The number of aromatic nitrogens is 2. The fourth-order valence-corrected chi connectivity index (χ4v) is 5.91. The van der Waals surface area contributed by atoms with Crippen LogP contribution in [0.15, 0.2) is 72.9 Å². The Bertz CT molecular complexity index is 1910. The van der Waals surface area contributed by atoms with Gasteiger partial charge in [-0.25, -0.2) is 9.18 Å². The van der Waals surface area contributed by atoms with Crippen molar-refractivity contribution in [3.63, 3.8) is 0 Å². The summed E-state index contributed by atoms with van der Waals surface area (Å²) in [6, 6.07) is 14.1. The van der Waals surface area contributed by atoms with Crippen LogP contribution in [0.3, 0.4) is 0 Å². The van der Waals surface area contributed by atoms with E-state index in [0.717, 1.165) is 24.3 Å². The molecular weight excluding hydrogens is 617 g/mol. The summed E-state index contributed by atoms with van der Waals surface area (Å²) in [5, 5.41) is 16.5. The third kappa shape index (κ3) is 5.50. The van der Waals surface area contributed by atoms with Crippen molar-refractivity contribution in [2.24, 2.45) is 0 Å². The summed E-state index contributed by atoms with van der Waals surface area (Å²) in [5.74, 6) is -5.00. The monoisotopic (exact) mass is 644 g/mol. The lowest BCUT2D eigenvalue weighted by molar-refractivity contribution is 0.0428. The number of nitriles is 1. The van der Waals surface area contributed by atoms with E-state index in [4.69, 9.17) is 9.47 Å². The molecule has 1 aromatic heterocycles. The highest BCUT2D eigenvalue weighted by Gasteiger charge is 2.49. The number of alkyl halides is 2. The summed E-state index contributed by atoms with van der Waals surface area (Å²) in [5.41, 5.74) is -0.139. The van der Waals surface area contributed by atoms with Crippen LogP contribution in [0.4, 0.5) is 29.3 Å². The lowest BCUT2D eigenvalue weighted by Crippen LogP contribution is -2.51. The van der Waals surface area contributed by atoms with Crippen LogP contribution >= 0.6 is 0 Å². The number of ether oxygens (including phenoxy) is 2. The third-order valence-electron chi connectivity index (χ3n) is 8.19. The number of methoxy groups -OCH3 is 1. The minimum Gasteiger partial charge on any atom is -0.495 e. The van der Waals surface area contributed by atoms with Gasteiger partial charge in [-0.1, -0.05) is 12.1 Å². The van der Waals surface area contributed by atoms with E-state index in [1.807, 2.05) is 6.07 Å². The predicted molar refractivity (Wildman–Crippen MR) is 162 cm³/mol. The van der Waals surface area contributed by atoms with E-state index >= 15 is 8.78 Å². The summed E-state index contributed by atoms with van der Waals surface area (Å²) in [6.07, 6.45) is 0.735. The maximum Gasteiger partial charge on any atom is 0.409 e. The summed E-state index contributed by atoms with van der Waals surface area (Å²) in [6.45, 7) is 2.01. The Morgan fingerprint density at radius 2 is 1.70 bits per heavy atom. The zero-order chi connectivity index (χ0) is 33.5. The average Bonchev–Trinajstić information content (AvgIpc) is 3.70. The first-order chi connectivity index (χ1) is 22.6. The molecule has 240 valence electrons. The topological polar surface area (TPSA) is 130 Å². The number of amides is 3. The molecule has 11 nitrogen and oxygen atoms in total. The Labute approximate surface area is 266 Å². The van der Waals surface area contributed by atoms with Gasteiger partial charge in [-0.05, 0) is 61.5 Å². The lowest BCUT2D eigenvalue weighted by Gasteiger charge is -2.37. The molecule has 1 N–H and O–H groups in total. The Morgan fingerprint density at radius 1 is 1.04 bits per heavy atom. The molecule has 1 fully saturated rings. The molecular formula is C33H27F3N6O5. The van der Waals surface area contributed by atoms with Crippen molar-refractivity contribution < 1.29 is 37.0 Å². The maximum atomic E-state index is 15.3. The molecule has 0 saturated carbocycles. The van der Waals surface area contributed by atoms with Gasteiger partial charge in [-0.3, -0.25) is 19.2 Å². The quantitative estimate of drug-likeness (QED) is 0.288. The van der Waals surface area contributed by atoms with E-state index in [-0.39, 0.29) is 59.2 Å².